The largest absolute Gasteiger partial charge is 0.327 e. The lowest BCUT2D eigenvalue weighted by molar-refractivity contribution is 0.0651. The second-order valence-corrected chi connectivity index (χ2v) is 6.20. The lowest BCUT2D eigenvalue weighted by Gasteiger charge is -2.45. The van der Waals surface area contributed by atoms with Crippen LogP contribution in [-0.4, -0.2) is 24.0 Å². The quantitative estimate of drug-likeness (QED) is 0.893. The van der Waals surface area contributed by atoms with Crippen LogP contribution in [0.2, 0.25) is 0 Å². The molecule has 0 radical (unpaired) electrons. The van der Waals surface area contributed by atoms with E-state index in [0.717, 1.165) is 25.6 Å². The van der Waals surface area contributed by atoms with Crippen molar-refractivity contribution in [1.82, 2.24) is 4.90 Å². The second-order valence-electron chi connectivity index (χ2n) is 6.20. The third-order valence-corrected chi connectivity index (χ3v) is 4.30. The lowest BCUT2D eigenvalue weighted by Crippen LogP contribution is -2.52. The maximum atomic E-state index is 13.8. The molecule has 4 heteroatoms. The first-order valence-corrected chi connectivity index (χ1v) is 6.76. The Hall–Kier alpha value is -1.00. The topological polar surface area (TPSA) is 29.3 Å². The van der Waals surface area contributed by atoms with Crippen molar-refractivity contribution in [1.29, 1.82) is 0 Å². The molecule has 2 unspecified atom stereocenters. The Morgan fingerprint density at radius 3 is 2.68 bits per heavy atom. The predicted octanol–water partition coefficient (Wildman–Crippen LogP) is 3.09. The molecule has 106 valence electrons. The number of likely N-dealkylation sites (tertiary alicyclic amines) is 1. The van der Waals surface area contributed by atoms with Crippen molar-refractivity contribution in [2.75, 3.05) is 13.1 Å². The molecule has 1 aromatic carbocycles. The van der Waals surface area contributed by atoms with Crippen molar-refractivity contribution in [3.8, 4) is 0 Å². The Labute approximate surface area is 113 Å². The van der Waals surface area contributed by atoms with E-state index in [2.05, 4.69) is 18.7 Å². The van der Waals surface area contributed by atoms with Crippen LogP contribution in [0.1, 0.15) is 38.8 Å². The summed E-state index contributed by atoms with van der Waals surface area (Å²) in [4.78, 5) is 2.18. The zero-order chi connectivity index (χ0) is 14.2. The summed E-state index contributed by atoms with van der Waals surface area (Å²) in [6.45, 7) is 7.79. The number of piperidine rings is 1. The molecular weight excluding hydrogens is 246 g/mol. The fourth-order valence-electron chi connectivity index (χ4n) is 2.78. The number of nitrogens with zero attached hydrogens (tertiary/aromatic N) is 1. The van der Waals surface area contributed by atoms with Gasteiger partial charge in [0, 0.05) is 30.7 Å². The van der Waals surface area contributed by atoms with Crippen LogP contribution in [0, 0.1) is 17.0 Å². The van der Waals surface area contributed by atoms with Gasteiger partial charge in [0.25, 0.3) is 0 Å². The minimum atomic E-state index is -0.392. The SMILES string of the molecule is CC(c1cc(F)ccc1F)N1CCC(N)C(C)(C)C1. The Kier molecular flexibility index (Phi) is 3.92. The van der Waals surface area contributed by atoms with E-state index in [1.54, 1.807) is 0 Å². The van der Waals surface area contributed by atoms with Gasteiger partial charge in [0.05, 0.1) is 0 Å². The van der Waals surface area contributed by atoms with E-state index in [1.807, 2.05) is 6.92 Å². The molecule has 1 saturated heterocycles. The Morgan fingerprint density at radius 1 is 1.37 bits per heavy atom. The van der Waals surface area contributed by atoms with Crippen molar-refractivity contribution in [3.05, 3.63) is 35.4 Å². The number of halogens is 2. The first kappa shape index (κ1) is 14.4. The number of benzene rings is 1. The molecule has 0 bridgehead atoms. The van der Waals surface area contributed by atoms with E-state index in [0.29, 0.717) is 5.56 Å². The summed E-state index contributed by atoms with van der Waals surface area (Å²) in [6, 6.07) is 3.67. The molecule has 1 aliphatic heterocycles. The number of hydrogen-bond donors (Lipinski definition) is 1. The first-order valence-electron chi connectivity index (χ1n) is 6.76. The normalized spacial score (nSPS) is 25.3. The summed E-state index contributed by atoms with van der Waals surface area (Å²) in [5.41, 5.74) is 6.53. The monoisotopic (exact) mass is 268 g/mol. The van der Waals surface area contributed by atoms with Crippen LogP contribution in [0.5, 0.6) is 0 Å². The van der Waals surface area contributed by atoms with Crippen LogP contribution in [0.15, 0.2) is 18.2 Å². The molecule has 0 spiro atoms. The summed E-state index contributed by atoms with van der Waals surface area (Å²) in [5.74, 6) is -0.738. The molecule has 0 aromatic heterocycles. The van der Waals surface area contributed by atoms with Gasteiger partial charge in [0.2, 0.25) is 0 Å². The van der Waals surface area contributed by atoms with Crippen LogP contribution < -0.4 is 5.73 Å². The number of nitrogens with two attached hydrogens (primary N) is 1. The average molecular weight is 268 g/mol. The summed E-state index contributed by atoms with van der Waals surface area (Å²) in [6.07, 6.45) is 0.883. The van der Waals surface area contributed by atoms with Gasteiger partial charge in [-0.3, -0.25) is 4.90 Å². The van der Waals surface area contributed by atoms with Crippen LogP contribution in [0.25, 0.3) is 0 Å². The molecule has 1 heterocycles. The molecule has 0 amide bonds. The molecule has 0 saturated carbocycles. The smallest absolute Gasteiger partial charge is 0.128 e. The summed E-state index contributed by atoms with van der Waals surface area (Å²) in [7, 11) is 0. The molecule has 0 aliphatic carbocycles. The Balaban J connectivity index is 2.20. The van der Waals surface area contributed by atoms with Gasteiger partial charge in [-0.15, -0.1) is 0 Å². The third-order valence-electron chi connectivity index (χ3n) is 4.30. The molecule has 1 fully saturated rings. The van der Waals surface area contributed by atoms with Crippen LogP contribution in [0.4, 0.5) is 8.78 Å². The van der Waals surface area contributed by atoms with Crippen molar-refractivity contribution < 1.29 is 8.78 Å². The minimum absolute atomic E-state index is 0.00366. The maximum Gasteiger partial charge on any atom is 0.128 e. The van der Waals surface area contributed by atoms with E-state index in [-0.39, 0.29) is 23.3 Å². The highest BCUT2D eigenvalue weighted by molar-refractivity contribution is 5.22. The number of hydrogen-bond acceptors (Lipinski definition) is 2. The average Bonchev–Trinajstić information content (AvgIpc) is 2.35. The minimum Gasteiger partial charge on any atom is -0.327 e. The highest BCUT2D eigenvalue weighted by Crippen LogP contribution is 2.33. The van der Waals surface area contributed by atoms with Crippen molar-refractivity contribution in [2.24, 2.45) is 11.1 Å². The van der Waals surface area contributed by atoms with Gasteiger partial charge in [0.15, 0.2) is 0 Å². The zero-order valence-corrected chi connectivity index (χ0v) is 11.8. The zero-order valence-electron chi connectivity index (χ0n) is 11.8. The van der Waals surface area contributed by atoms with E-state index >= 15 is 0 Å². The molecule has 2 N–H and O–H groups in total. The van der Waals surface area contributed by atoms with Gasteiger partial charge >= 0.3 is 0 Å². The first-order chi connectivity index (χ1) is 8.81. The molecule has 2 rings (SSSR count). The lowest BCUT2D eigenvalue weighted by atomic mass is 9.79. The molecule has 2 atom stereocenters. The number of rotatable bonds is 2. The summed E-state index contributed by atoms with van der Waals surface area (Å²) >= 11 is 0. The Morgan fingerprint density at radius 2 is 2.05 bits per heavy atom. The van der Waals surface area contributed by atoms with Gasteiger partial charge in [-0.1, -0.05) is 13.8 Å². The predicted molar refractivity (Wildman–Crippen MR) is 72.7 cm³/mol. The van der Waals surface area contributed by atoms with E-state index in [1.165, 1.54) is 12.1 Å². The fraction of sp³-hybridized carbons (Fsp3) is 0.600. The van der Waals surface area contributed by atoms with Crippen molar-refractivity contribution in [2.45, 2.75) is 39.3 Å². The molecule has 1 aromatic rings. The van der Waals surface area contributed by atoms with Crippen LogP contribution in [-0.2, 0) is 0 Å². The molecular formula is C15H22F2N2. The van der Waals surface area contributed by atoms with Gasteiger partial charge in [-0.2, -0.15) is 0 Å². The van der Waals surface area contributed by atoms with Crippen molar-refractivity contribution >= 4 is 0 Å². The summed E-state index contributed by atoms with van der Waals surface area (Å²) < 4.78 is 27.1. The molecule has 1 aliphatic rings. The van der Waals surface area contributed by atoms with Gasteiger partial charge in [-0.25, -0.2) is 8.78 Å². The highest BCUT2D eigenvalue weighted by atomic mass is 19.1. The van der Waals surface area contributed by atoms with E-state index in [9.17, 15) is 8.78 Å². The molecule has 19 heavy (non-hydrogen) atoms. The standard InChI is InChI=1S/C15H22F2N2/c1-10(12-8-11(16)4-5-13(12)17)19-7-6-14(18)15(2,3)9-19/h4-5,8,10,14H,6-7,9,18H2,1-3H3. The van der Waals surface area contributed by atoms with Crippen molar-refractivity contribution in [3.63, 3.8) is 0 Å². The molecule has 2 nitrogen and oxygen atoms in total. The Bertz CT molecular complexity index is 459. The van der Waals surface area contributed by atoms with Gasteiger partial charge in [-0.05, 0) is 37.0 Å². The summed E-state index contributed by atoms with van der Waals surface area (Å²) in [5, 5.41) is 0. The highest BCUT2D eigenvalue weighted by Gasteiger charge is 2.35. The second kappa shape index (κ2) is 5.17. The van der Waals surface area contributed by atoms with Crippen LogP contribution in [0.3, 0.4) is 0 Å². The van der Waals surface area contributed by atoms with E-state index in [4.69, 9.17) is 5.73 Å². The maximum absolute atomic E-state index is 13.8. The van der Waals surface area contributed by atoms with E-state index < -0.39 is 5.82 Å². The van der Waals surface area contributed by atoms with Gasteiger partial charge < -0.3 is 5.73 Å². The van der Waals surface area contributed by atoms with Gasteiger partial charge in [0.1, 0.15) is 11.6 Å². The van der Waals surface area contributed by atoms with Crippen LogP contribution >= 0.6 is 0 Å². The fourth-order valence-corrected chi connectivity index (χ4v) is 2.78. The third kappa shape index (κ3) is 2.95.